The van der Waals surface area contributed by atoms with Crippen molar-refractivity contribution in [1.29, 1.82) is 0 Å². The highest BCUT2D eigenvalue weighted by atomic mass is 32.2. The Kier molecular flexibility index (Phi) is 7.97. The third-order valence-electron chi connectivity index (χ3n) is 4.66. The molecule has 1 heterocycles. The van der Waals surface area contributed by atoms with E-state index >= 15 is 0 Å². The molecule has 1 N–H and O–H groups in total. The molecular formula is C24H28N2O3S. The van der Waals surface area contributed by atoms with E-state index < -0.39 is 0 Å². The third kappa shape index (κ3) is 6.13. The second-order valence-corrected chi connectivity index (χ2v) is 8.17. The normalized spacial score (nSPS) is 16.2. The van der Waals surface area contributed by atoms with Crippen molar-refractivity contribution in [3.8, 4) is 11.5 Å². The van der Waals surface area contributed by atoms with Crippen molar-refractivity contribution in [2.45, 2.75) is 39.5 Å². The molecule has 1 fully saturated rings. The summed E-state index contributed by atoms with van der Waals surface area (Å²) in [4.78, 5) is 17.4. The SMILES string of the molecule is CCCCCCOc1ccc(/C=C2/SC(=Nc3ccc(C)cc3)NC2=O)cc1OC. The second kappa shape index (κ2) is 10.9. The minimum atomic E-state index is -0.152. The van der Waals surface area contributed by atoms with Crippen molar-refractivity contribution >= 4 is 34.6 Å². The Hall–Kier alpha value is -2.73. The first-order chi connectivity index (χ1) is 14.6. The van der Waals surface area contributed by atoms with E-state index in [0.717, 1.165) is 23.4 Å². The van der Waals surface area contributed by atoms with Crippen LogP contribution in [0.25, 0.3) is 6.08 Å². The molecule has 1 aliphatic rings. The highest BCUT2D eigenvalue weighted by Crippen LogP contribution is 2.32. The van der Waals surface area contributed by atoms with Crippen LogP contribution in [0.4, 0.5) is 5.69 Å². The molecule has 2 aromatic carbocycles. The molecule has 30 heavy (non-hydrogen) atoms. The van der Waals surface area contributed by atoms with Crippen molar-refractivity contribution in [2.75, 3.05) is 13.7 Å². The Labute approximate surface area is 182 Å². The summed E-state index contributed by atoms with van der Waals surface area (Å²) in [5.41, 5.74) is 2.86. The van der Waals surface area contributed by atoms with Crippen LogP contribution < -0.4 is 14.8 Å². The number of amides is 1. The van der Waals surface area contributed by atoms with E-state index in [2.05, 4.69) is 17.2 Å². The molecule has 0 radical (unpaired) electrons. The van der Waals surface area contributed by atoms with Crippen molar-refractivity contribution < 1.29 is 14.3 Å². The monoisotopic (exact) mass is 424 g/mol. The van der Waals surface area contributed by atoms with Gasteiger partial charge >= 0.3 is 0 Å². The maximum atomic E-state index is 12.3. The van der Waals surface area contributed by atoms with Crippen molar-refractivity contribution in [2.24, 2.45) is 4.99 Å². The van der Waals surface area contributed by atoms with Gasteiger partial charge in [0.15, 0.2) is 16.7 Å². The van der Waals surface area contributed by atoms with Crippen molar-refractivity contribution in [1.82, 2.24) is 5.32 Å². The Bertz CT molecular complexity index is 936. The lowest BCUT2D eigenvalue weighted by Gasteiger charge is -2.11. The fourth-order valence-electron chi connectivity index (χ4n) is 2.97. The number of methoxy groups -OCH3 is 1. The van der Waals surface area contributed by atoms with Gasteiger partial charge in [-0.15, -0.1) is 0 Å². The molecule has 0 saturated carbocycles. The lowest BCUT2D eigenvalue weighted by atomic mass is 10.2. The predicted octanol–water partition coefficient (Wildman–Crippen LogP) is 5.85. The highest BCUT2D eigenvalue weighted by molar-refractivity contribution is 8.18. The van der Waals surface area contributed by atoms with E-state index in [4.69, 9.17) is 9.47 Å². The summed E-state index contributed by atoms with van der Waals surface area (Å²) < 4.78 is 11.3. The van der Waals surface area contributed by atoms with Crippen molar-refractivity contribution in [3.05, 3.63) is 58.5 Å². The van der Waals surface area contributed by atoms with Crippen LogP contribution in [0.2, 0.25) is 0 Å². The average Bonchev–Trinajstić information content (AvgIpc) is 3.08. The smallest absolute Gasteiger partial charge is 0.264 e. The van der Waals surface area contributed by atoms with Gasteiger partial charge in [0.2, 0.25) is 0 Å². The van der Waals surface area contributed by atoms with Gasteiger partial charge < -0.3 is 14.8 Å². The van der Waals surface area contributed by atoms with Gasteiger partial charge in [-0.05, 0) is 61.0 Å². The zero-order valence-corrected chi connectivity index (χ0v) is 18.6. The zero-order chi connectivity index (χ0) is 21.3. The number of aryl methyl sites for hydroxylation is 1. The summed E-state index contributed by atoms with van der Waals surface area (Å²) in [7, 11) is 1.62. The molecule has 5 nitrogen and oxygen atoms in total. The number of hydrogen-bond donors (Lipinski definition) is 1. The maximum absolute atomic E-state index is 12.3. The van der Waals surface area contributed by atoms with Gasteiger partial charge in [0.25, 0.3) is 5.91 Å². The standard InChI is InChI=1S/C24H28N2O3S/c1-4-5-6-7-14-29-20-13-10-18(15-21(20)28-3)16-22-23(27)26-24(30-22)25-19-11-8-17(2)9-12-19/h8-13,15-16H,4-7,14H2,1-3H3,(H,25,26,27)/b22-16+. The van der Waals surface area contributed by atoms with Crippen LogP contribution in [-0.2, 0) is 4.79 Å². The summed E-state index contributed by atoms with van der Waals surface area (Å²) in [6, 6.07) is 13.6. The van der Waals surface area contributed by atoms with Crippen molar-refractivity contribution in [3.63, 3.8) is 0 Å². The first-order valence-electron chi connectivity index (χ1n) is 10.3. The van der Waals surface area contributed by atoms with Gasteiger partial charge in [0.05, 0.1) is 24.3 Å². The summed E-state index contributed by atoms with van der Waals surface area (Å²) in [5, 5.41) is 3.40. The molecule has 6 heteroatoms. The number of benzene rings is 2. The average molecular weight is 425 g/mol. The third-order valence-corrected chi connectivity index (χ3v) is 5.57. The Balaban J connectivity index is 1.68. The molecule has 0 aromatic heterocycles. The zero-order valence-electron chi connectivity index (χ0n) is 17.7. The highest BCUT2D eigenvalue weighted by Gasteiger charge is 2.24. The Morgan fingerprint density at radius 3 is 2.60 bits per heavy atom. The predicted molar refractivity (Wildman–Crippen MR) is 125 cm³/mol. The lowest BCUT2D eigenvalue weighted by molar-refractivity contribution is -0.115. The number of unbranched alkanes of at least 4 members (excludes halogenated alkanes) is 3. The molecule has 0 atom stereocenters. The Morgan fingerprint density at radius 2 is 1.87 bits per heavy atom. The minimum Gasteiger partial charge on any atom is -0.493 e. The number of amidine groups is 1. The molecule has 2 aromatic rings. The fourth-order valence-corrected chi connectivity index (χ4v) is 3.81. The molecule has 0 aliphatic carbocycles. The van der Waals surface area contributed by atoms with Crippen LogP contribution in [0, 0.1) is 6.92 Å². The molecule has 1 saturated heterocycles. The van der Waals surface area contributed by atoms with Crippen LogP contribution in [0.3, 0.4) is 0 Å². The molecule has 0 unspecified atom stereocenters. The van der Waals surface area contributed by atoms with E-state index in [1.807, 2.05) is 55.5 Å². The molecule has 3 rings (SSSR count). The molecule has 0 spiro atoms. The summed E-state index contributed by atoms with van der Waals surface area (Å²) >= 11 is 1.33. The van der Waals surface area contributed by atoms with E-state index in [0.29, 0.717) is 22.4 Å². The number of aliphatic imine (C=N–C) groups is 1. The second-order valence-electron chi connectivity index (χ2n) is 7.14. The first kappa shape index (κ1) is 22.0. The van der Waals surface area contributed by atoms with Gasteiger partial charge in [-0.1, -0.05) is 49.9 Å². The molecular weight excluding hydrogens is 396 g/mol. The van der Waals surface area contributed by atoms with E-state index in [1.54, 1.807) is 7.11 Å². The molecule has 1 aliphatic heterocycles. The van der Waals surface area contributed by atoms with Crippen LogP contribution in [0.1, 0.15) is 43.7 Å². The number of hydrogen-bond acceptors (Lipinski definition) is 5. The molecule has 0 bridgehead atoms. The number of nitrogens with zero attached hydrogens (tertiary/aromatic N) is 1. The first-order valence-corrected chi connectivity index (χ1v) is 11.1. The summed E-state index contributed by atoms with van der Waals surface area (Å²) in [6.45, 7) is 4.89. The number of carbonyl (C=O) groups excluding carboxylic acids is 1. The van der Waals surface area contributed by atoms with Crippen LogP contribution >= 0.6 is 11.8 Å². The minimum absolute atomic E-state index is 0.152. The van der Waals surface area contributed by atoms with Gasteiger partial charge in [0.1, 0.15) is 0 Å². The summed E-state index contributed by atoms with van der Waals surface area (Å²) in [6.07, 6.45) is 6.47. The maximum Gasteiger partial charge on any atom is 0.264 e. The number of thioether (sulfide) groups is 1. The van der Waals surface area contributed by atoms with Gasteiger partial charge in [0, 0.05) is 0 Å². The van der Waals surface area contributed by atoms with Gasteiger partial charge in [-0.3, -0.25) is 4.79 Å². The fraction of sp³-hybridized carbons (Fsp3) is 0.333. The molecule has 1 amide bonds. The largest absolute Gasteiger partial charge is 0.493 e. The van der Waals surface area contributed by atoms with Gasteiger partial charge in [-0.25, -0.2) is 4.99 Å². The van der Waals surface area contributed by atoms with E-state index in [-0.39, 0.29) is 5.91 Å². The number of ether oxygens (including phenoxy) is 2. The van der Waals surface area contributed by atoms with E-state index in [1.165, 1.54) is 36.6 Å². The van der Waals surface area contributed by atoms with E-state index in [9.17, 15) is 4.79 Å². The molecule has 158 valence electrons. The van der Waals surface area contributed by atoms with Crippen LogP contribution in [0.15, 0.2) is 52.4 Å². The quantitative estimate of drug-likeness (QED) is 0.405. The number of nitrogens with one attached hydrogen (secondary N) is 1. The van der Waals surface area contributed by atoms with Gasteiger partial charge in [-0.2, -0.15) is 0 Å². The summed E-state index contributed by atoms with van der Waals surface area (Å²) in [5.74, 6) is 1.24. The lowest BCUT2D eigenvalue weighted by Crippen LogP contribution is -2.19. The van der Waals surface area contributed by atoms with Crippen LogP contribution in [0.5, 0.6) is 11.5 Å². The Morgan fingerprint density at radius 1 is 1.07 bits per heavy atom. The van der Waals surface area contributed by atoms with Crippen LogP contribution in [-0.4, -0.2) is 24.8 Å². The topological polar surface area (TPSA) is 59.9 Å². The number of carbonyl (C=O) groups is 1. The number of rotatable bonds is 9.